The zero-order valence-electron chi connectivity index (χ0n) is 11.6. The van der Waals surface area contributed by atoms with Crippen LogP contribution < -0.4 is 5.32 Å². The summed E-state index contributed by atoms with van der Waals surface area (Å²) in [5, 5.41) is 3.55. The molecule has 1 unspecified atom stereocenters. The molecule has 1 aromatic rings. The van der Waals surface area contributed by atoms with Crippen molar-refractivity contribution in [1.29, 1.82) is 0 Å². The van der Waals surface area contributed by atoms with E-state index in [4.69, 9.17) is 4.74 Å². The number of benzene rings is 1. The Morgan fingerprint density at radius 3 is 2.55 bits per heavy atom. The van der Waals surface area contributed by atoms with Gasteiger partial charge in [-0.15, -0.1) is 0 Å². The molecule has 0 amide bonds. The Labute approximate surface area is 118 Å². The predicted molar refractivity (Wildman–Crippen MR) is 73.6 cm³/mol. The van der Waals surface area contributed by atoms with Crippen molar-refractivity contribution in [3.63, 3.8) is 0 Å². The Morgan fingerprint density at radius 2 is 1.95 bits per heavy atom. The Bertz CT molecular complexity index is 447. The summed E-state index contributed by atoms with van der Waals surface area (Å²) >= 11 is 0. The molecule has 0 spiro atoms. The van der Waals surface area contributed by atoms with Crippen LogP contribution in [0.25, 0.3) is 0 Å². The summed E-state index contributed by atoms with van der Waals surface area (Å²) in [6.45, 7) is 2.34. The SMILES string of the molecule is Fc1cc(F)cc(CC2(CNC3CC3)CCCOC2)c1. The maximum Gasteiger partial charge on any atom is 0.126 e. The monoisotopic (exact) mass is 281 g/mol. The maximum absolute atomic E-state index is 13.3. The molecule has 2 nitrogen and oxygen atoms in total. The van der Waals surface area contributed by atoms with E-state index in [0.717, 1.165) is 37.6 Å². The van der Waals surface area contributed by atoms with Crippen LogP contribution in [0, 0.1) is 17.0 Å². The smallest absolute Gasteiger partial charge is 0.126 e. The first-order valence-electron chi connectivity index (χ1n) is 7.41. The summed E-state index contributed by atoms with van der Waals surface area (Å²) < 4.78 is 32.3. The molecule has 4 heteroatoms. The predicted octanol–water partition coefficient (Wildman–Crippen LogP) is 3.06. The van der Waals surface area contributed by atoms with Gasteiger partial charge in [-0.1, -0.05) is 0 Å². The van der Waals surface area contributed by atoms with Crippen LogP contribution in [-0.2, 0) is 11.2 Å². The molecule has 0 radical (unpaired) electrons. The maximum atomic E-state index is 13.3. The van der Waals surface area contributed by atoms with Gasteiger partial charge in [0.05, 0.1) is 6.61 Å². The van der Waals surface area contributed by atoms with Crippen LogP contribution in [0.3, 0.4) is 0 Å². The highest BCUT2D eigenvalue weighted by Crippen LogP contribution is 2.33. The van der Waals surface area contributed by atoms with Crippen molar-refractivity contribution < 1.29 is 13.5 Å². The van der Waals surface area contributed by atoms with E-state index in [0.29, 0.717) is 19.1 Å². The van der Waals surface area contributed by atoms with Crippen LogP contribution in [0.15, 0.2) is 18.2 Å². The molecule has 1 aromatic carbocycles. The molecule has 2 aliphatic rings. The summed E-state index contributed by atoms with van der Waals surface area (Å²) in [5.74, 6) is -0.996. The van der Waals surface area contributed by atoms with E-state index in [1.54, 1.807) is 0 Å². The lowest BCUT2D eigenvalue weighted by Gasteiger charge is -2.37. The number of hydrogen-bond acceptors (Lipinski definition) is 2. The normalized spacial score (nSPS) is 26.7. The Balaban J connectivity index is 1.73. The topological polar surface area (TPSA) is 21.3 Å². The first-order chi connectivity index (χ1) is 9.65. The fourth-order valence-corrected chi connectivity index (χ4v) is 3.05. The molecule has 1 saturated carbocycles. The molecule has 1 N–H and O–H groups in total. The molecular formula is C16H21F2NO. The van der Waals surface area contributed by atoms with Crippen LogP contribution in [0.5, 0.6) is 0 Å². The molecule has 1 aliphatic heterocycles. The lowest BCUT2D eigenvalue weighted by molar-refractivity contribution is -0.00740. The Morgan fingerprint density at radius 1 is 1.20 bits per heavy atom. The fraction of sp³-hybridized carbons (Fsp3) is 0.625. The minimum atomic E-state index is -0.498. The van der Waals surface area contributed by atoms with E-state index in [-0.39, 0.29) is 5.41 Å². The average Bonchev–Trinajstić information content (AvgIpc) is 3.20. The van der Waals surface area contributed by atoms with Crippen molar-refractivity contribution in [2.45, 2.75) is 38.1 Å². The van der Waals surface area contributed by atoms with Gasteiger partial charge in [0.1, 0.15) is 11.6 Å². The highest BCUT2D eigenvalue weighted by molar-refractivity contribution is 5.20. The van der Waals surface area contributed by atoms with Gasteiger partial charge in [0.15, 0.2) is 0 Å². The van der Waals surface area contributed by atoms with Crippen molar-refractivity contribution in [2.24, 2.45) is 5.41 Å². The summed E-state index contributed by atoms with van der Waals surface area (Å²) in [6.07, 6.45) is 5.22. The summed E-state index contributed by atoms with van der Waals surface area (Å²) in [5.41, 5.74) is 0.701. The minimum Gasteiger partial charge on any atom is -0.381 e. The molecule has 1 heterocycles. The quantitative estimate of drug-likeness (QED) is 0.895. The van der Waals surface area contributed by atoms with Crippen molar-refractivity contribution in [2.75, 3.05) is 19.8 Å². The van der Waals surface area contributed by atoms with E-state index in [9.17, 15) is 8.78 Å². The molecule has 110 valence electrons. The second-order valence-corrected chi connectivity index (χ2v) is 6.27. The number of rotatable bonds is 5. The van der Waals surface area contributed by atoms with Gasteiger partial charge in [-0.05, 0) is 49.8 Å². The van der Waals surface area contributed by atoms with Crippen LogP contribution in [0.1, 0.15) is 31.2 Å². The number of halogens is 2. The van der Waals surface area contributed by atoms with Gasteiger partial charge in [-0.2, -0.15) is 0 Å². The summed E-state index contributed by atoms with van der Waals surface area (Å²) in [4.78, 5) is 0. The highest BCUT2D eigenvalue weighted by atomic mass is 19.1. The second-order valence-electron chi connectivity index (χ2n) is 6.27. The third kappa shape index (κ3) is 3.55. The lowest BCUT2D eigenvalue weighted by atomic mass is 9.77. The Hall–Kier alpha value is -1.00. The summed E-state index contributed by atoms with van der Waals surface area (Å²) in [6, 6.07) is 4.45. The molecule has 0 aromatic heterocycles. The lowest BCUT2D eigenvalue weighted by Crippen LogP contribution is -2.43. The molecule has 1 atom stereocenters. The van der Waals surface area contributed by atoms with Crippen molar-refractivity contribution >= 4 is 0 Å². The molecule has 1 saturated heterocycles. The fourth-order valence-electron chi connectivity index (χ4n) is 3.05. The van der Waals surface area contributed by atoms with Crippen LogP contribution in [-0.4, -0.2) is 25.8 Å². The first kappa shape index (κ1) is 14.0. The van der Waals surface area contributed by atoms with E-state index in [1.807, 2.05) is 0 Å². The van der Waals surface area contributed by atoms with Crippen LogP contribution >= 0.6 is 0 Å². The van der Waals surface area contributed by atoms with E-state index in [2.05, 4.69) is 5.32 Å². The number of nitrogens with one attached hydrogen (secondary N) is 1. The molecule has 20 heavy (non-hydrogen) atoms. The van der Waals surface area contributed by atoms with Gasteiger partial charge in [-0.25, -0.2) is 8.78 Å². The van der Waals surface area contributed by atoms with E-state index in [1.165, 1.54) is 25.0 Å². The zero-order valence-corrected chi connectivity index (χ0v) is 11.6. The van der Waals surface area contributed by atoms with Gasteiger partial charge in [0.25, 0.3) is 0 Å². The molecular weight excluding hydrogens is 260 g/mol. The Kier molecular flexibility index (Phi) is 4.03. The van der Waals surface area contributed by atoms with Gasteiger partial charge in [0.2, 0.25) is 0 Å². The molecule has 3 rings (SSSR count). The van der Waals surface area contributed by atoms with Crippen molar-refractivity contribution in [1.82, 2.24) is 5.32 Å². The second kappa shape index (κ2) is 5.78. The van der Waals surface area contributed by atoms with Gasteiger partial charge < -0.3 is 10.1 Å². The number of ether oxygens (including phenoxy) is 1. The van der Waals surface area contributed by atoms with E-state index >= 15 is 0 Å². The molecule has 1 aliphatic carbocycles. The van der Waals surface area contributed by atoms with Crippen LogP contribution in [0.2, 0.25) is 0 Å². The van der Waals surface area contributed by atoms with Gasteiger partial charge in [-0.3, -0.25) is 0 Å². The first-order valence-corrected chi connectivity index (χ1v) is 7.41. The van der Waals surface area contributed by atoms with Crippen molar-refractivity contribution in [3.8, 4) is 0 Å². The largest absolute Gasteiger partial charge is 0.381 e. The minimum absolute atomic E-state index is 0.0267. The van der Waals surface area contributed by atoms with Gasteiger partial charge in [0, 0.05) is 30.7 Å². The highest BCUT2D eigenvalue weighted by Gasteiger charge is 2.35. The molecule has 2 fully saturated rings. The van der Waals surface area contributed by atoms with Crippen LogP contribution in [0.4, 0.5) is 8.78 Å². The standard InChI is InChI=1S/C16H21F2NO/c17-13-6-12(7-14(18)8-13)9-16(4-1-5-20-11-16)10-19-15-2-3-15/h6-8,15,19H,1-5,9-11H2. The number of hydrogen-bond donors (Lipinski definition) is 1. The average molecular weight is 281 g/mol. The zero-order chi connectivity index (χ0) is 14.0. The van der Waals surface area contributed by atoms with E-state index < -0.39 is 11.6 Å². The third-order valence-corrected chi connectivity index (χ3v) is 4.25. The van der Waals surface area contributed by atoms with Crippen molar-refractivity contribution in [3.05, 3.63) is 35.4 Å². The third-order valence-electron chi connectivity index (χ3n) is 4.25. The van der Waals surface area contributed by atoms with Gasteiger partial charge >= 0.3 is 0 Å². The summed E-state index contributed by atoms with van der Waals surface area (Å²) in [7, 11) is 0. The molecule has 0 bridgehead atoms.